The second kappa shape index (κ2) is 11.5. The fourth-order valence-electron chi connectivity index (χ4n) is 1.95. The van der Waals surface area contributed by atoms with Gasteiger partial charge in [-0.3, -0.25) is 24.0 Å². The lowest BCUT2D eigenvalue weighted by molar-refractivity contribution is -0.141. The van der Waals surface area contributed by atoms with Crippen LogP contribution in [-0.4, -0.2) is 62.1 Å². The van der Waals surface area contributed by atoms with Gasteiger partial charge in [-0.05, 0) is 6.92 Å². The Morgan fingerprint density at radius 1 is 1.15 bits per heavy atom. The fourth-order valence-corrected chi connectivity index (χ4v) is 1.95. The molecule has 1 aromatic carbocycles. The third-order valence-corrected chi connectivity index (χ3v) is 3.17. The molecule has 0 bridgehead atoms. The van der Waals surface area contributed by atoms with Crippen LogP contribution in [0.3, 0.4) is 0 Å². The van der Waals surface area contributed by atoms with Gasteiger partial charge in [0.1, 0.15) is 12.6 Å². The zero-order valence-corrected chi connectivity index (χ0v) is 14.3. The van der Waals surface area contributed by atoms with Crippen molar-refractivity contribution in [2.24, 2.45) is 0 Å². The molecule has 0 radical (unpaired) electrons. The summed E-state index contributed by atoms with van der Waals surface area (Å²) >= 11 is 0. The van der Waals surface area contributed by atoms with E-state index >= 15 is 0 Å². The van der Waals surface area contributed by atoms with E-state index in [1.54, 1.807) is 37.3 Å². The van der Waals surface area contributed by atoms with E-state index in [0.29, 0.717) is 12.0 Å². The van der Waals surface area contributed by atoms with E-state index in [0.717, 1.165) is 0 Å². The van der Waals surface area contributed by atoms with Gasteiger partial charge in [0.25, 0.3) is 5.91 Å². The molecule has 9 heteroatoms. The number of benzene rings is 1. The van der Waals surface area contributed by atoms with Gasteiger partial charge in [-0.25, -0.2) is 0 Å². The largest absolute Gasteiger partial charge is 0.371 e. The van der Waals surface area contributed by atoms with E-state index < -0.39 is 23.6 Å². The minimum atomic E-state index is -1.27. The summed E-state index contributed by atoms with van der Waals surface area (Å²) in [7, 11) is 0. The number of Topliss-reactive ketones (excluding diaryl/α,β-unsaturated/α-hetero) is 2. The number of hydrogen-bond donors (Lipinski definition) is 3. The highest BCUT2D eigenvalue weighted by molar-refractivity contribution is 6.38. The molecule has 0 spiro atoms. The molecule has 26 heavy (non-hydrogen) atoms. The van der Waals surface area contributed by atoms with Crippen LogP contribution >= 0.6 is 0 Å². The third kappa shape index (κ3) is 7.22. The quantitative estimate of drug-likeness (QED) is 0.243. The van der Waals surface area contributed by atoms with Crippen LogP contribution in [-0.2, 0) is 23.9 Å². The van der Waals surface area contributed by atoms with Crippen LogP contribution in [0.4, 0.5) is 0 Å². The fraction of sp³-hybridized carbons (Fsp3) is 0.353. The van der Waals surface area contributed by atoms with Crippen molar-refractivity contribution in [1.82, 2.24) is 16.0 Å². The molecule has 0 aliphatic rings. The molecule has 1 rings (SSSR count). The molecule has 0 aliphatic heterocycles. The summed E-state index contributed by atoms with van der Waals surface area (Å²) in [6, 6.07) is 7.14. The van der Waals surface area contributed by atoms with E-state index in [4.69, 9.17) is 4.74 Å². The first kappa shape index (κ1) is 21.0. The zero-order chi connectivity index (χ0) is 19.4. The van der Waals surface area contributed by atoms with E-state index in [-0.39, 0.29) is 32.1 Å². The molecule has 0 aromatic heterocycles. The highest BCUT2D eigenvalue weighted by atomic mass is 16.5. The minimum absolute atomic E-state index is 0.241. The van der Waals surface area contributed by atoms with Crippen molar-refractivity contribution in [2.75, 3.05) is 26.3 Å². The molecule has 1 unspecified atom stereocenters. The number of ether oxygens (including phenoxy) is 1. The Labute approximate surface area is 150 Å². The van der Waals surface area contributed by atoms with Crippen molar-refractivity contribution < 1.29 is 28.7 Å². The van der Waals surface area contributed by atoms with Crippen LogP contribution in [0.15, 0.2) is 30.3 Å². The zero-order valence-electron chi connectivity index (χ0n) is 14.3. The van der Waals surface area contributed by atoms with E-state index in [1.807, 2.05) is 0 Å². The molecular formula is C17H21N3O6. The predicted octanol–water partition coefficient (Wildman–Crippen LogP) is -1.18. The first-order valence-corrected chi connectivity index (χ1v) is 7.94. The Morgan fingerprint density at radius 2 is 1.85 bits per heavy atom. The molecule has 9 nitrogen and oxygen atoms in total. The van der Waals surface area contributed by atoms with Crippen LogP contribution < -0.4 is 16.0 Å². The van der Waals surface area contributed by atoms with Gasteiger partial charge in [0, 0.05) is 12.1 Å². The van der Waals surface area contributed by atoms with E-state index in [1.165, 1.54) is 0 Å². The monoisotopic (exact) mass is 363 g/mol. The number of ketones is 2. The van der Waals surface area contributed by atoms with Crippen molar-refractivity contribution in [3.05, 3.63) is 35.9 Å². The van der Waals surface area contributed by atoms with Gasteiger partial charge in [0.05, 0.1) is 13.2 Å². The van der Waals surface area contributed by atoms with Gasteiger partial charge >= 0.3 is 0 Å². The molecule has 0 saturated heterocycles. The Kier molecular flexibility index (Phi) is 9.26. The number of amides is 3. The van der Waals surface area contributed by atoms with Gasteiger partial charge in [-0.2, -0.15) is 0 Å². The SMILES string of the molecule is CCNC(=O)C(=O)C(COCC(=O)c1ccccc1)NC(=O)CNC=O. The second-order valence-corrected chi connectivity index (χ2v) is 5.15. The lowest BCUT2D eigenvalue weighted by atomic mass is 10.1. The maximum atomic E-state index is 12.1. The summed E-state index contributed by atoms with van der Waals surface area (Å²) < 4.78 is 5.21. The minimum Gasteiger partial charge on any atom is -0.371 e. The normalized spacial score (nSPS) is 11.1. The number of nitrogens with one attached hydrogen (secondary N) is 3. The maximum absolute atomic E-state index is 12.1. The highest BCUT2D eigenvalue weighted by Gasteiger charge is 2.27. The van der Waals surface area contributed by atoms with Crippen LogP contribution in [0.25, 0.3) is 0 Å². The summed E-state index contributed by atoms with van der Waals surface area (Å²) in [6.45, 7) is 0.853. The molecule has 3 amide bonds. The molecule has 0 aliphatic carbocycles. The standard InChI is InChI=1S/C17H21N3O6/c1-2-19-17(25)16(24)13(20-15(23)8-18-11-21)9-26-10-14(22)12-6-4-3-5-7-12/h3-7,11,13H,2,8-10H2,1H3,(H,18,21)(H,19,25)(H,20,23). The van der Waals surface area contributed by atoms with Gasteiger partial charge < -0.3 is 20.7 Å². The smallest absolute Gasteiger partial charge is 0.289 e. The average Bonchev–Trinajstić information content (AvgIpc) is 2.65. The van der Waals surface area contributed by atoms with E-state index in [2.05, 4.69) is 16.0 Å². The van der Waals surface area contributed by atoms with Gasteiger partial charge in [0.2, 0.25) is 18.1 Å². The van der Waals surface area contributed by atoms with Gasteiger partial charge in [0.15, 0.2) is 5.78 Å². The molecule has 0 heterocycles. The molecule has 0 fully saturated rings. The van der Waals surface area contributed by atoms with Crippen LogP contribution in [0, 0.1) is 0 Å². The van der Waals surface area contributed by atoms with Crippen LogP contribution in [0.5, 0.6) is 0 Å². The van der Waals surface area contributed by atoms with Crippen LogP contribution in [0.2, 0.25) is 0 Å². The van der Waals surface area contributed by atoms with Gasteiger partial charge in [-0.15, -0.1) is 0 Å². The number of hydrogen-bond acceptors (Lipinski definition) is 6. The second-order valence-electron chi connectivity index (χ2n) is 5.15. The number of carbonyl (C=O) groups is 5. The maximum Gasteiger partial charge on any atom is 0.289 e. The molecule has 0 saturated carbocycles. The molecule has 1 atom stereocenters. The summed E-state index contributed by atoms with van der Waals surface area (Å²) in [5.74, 6) is -2.75. The first-order chi connectivity index (χ1) is 12.5. The average molecular weight is 363 g/mol. The Hall–Kier alpha value is -3.07. The van der Waals surface area contributed by atoms with Crippen molar-refractivity contribution in [3.63, 3.8) is 0 Å². The Morgan fingerprint density at radius 3 is 2.46 bits per heavy atom. The lowest BCUT2D eigenvalue weighted by Gasteiger charge is -2.17. The van der Waals surface area contributed by atoms with Gasteiger partial charge in [-0.1, -0.05) is 30.3 Å². The van der Waals surface area contributed by atoms with Crippen molar-refractivity contribution >= 4 is 29.8 Å². The lowest BCUT2D eigenvalue weighted by Crippen LogP contribution is -2.51. The molecule has 140 valence electrons. The Bertz CT molecular complexity index is 647. The number of likely N-dealkylation sites (N-methyl/N-ethyl adjacent to an activating group) is 1. The summed E-state index contributed by atoms with van der Waals surface area (Å²) in [6.07, 6.45) is 0.329. The summed E-state index contributed by atoms with van der Waals surface area (Å²) in [5.41, 5.74) is 0.443. The summed E-state index contributed by atoms with van der Waals surface area (Å²) in [4.78, 5) is 57.7. The Balaban J connectivity index is 2.64. The number of carbonyl (C=O) groups excluding carboxylic acids is 5. The van der Waals surface area contributed by atoms with Crippen molar-refractivity contribution in [2.45, 2.75) is 13.0 Å². The predicted molar refractivity (Wildman–Crippen MR) is 91.3 cm³/mol. The summed E-state index contributed by atoms with van der Waals surface area (Å²) in [5, 5.41) is 6.77. The topological polar surface area (TPSA) is 131 Å². The van der Waals surface area contributed by atoms with Crippen molar-refractivity contribution in [3.8, 4) is 0 Å². The highest BCUT2D eigenvalue weighted by Crippen LogP contribution is 2.01. The molecule has 3 N–H and O–H groups in total. The molecular weight excluding hydrogens is 342 g/mol. The number of rotatable bonds is 12. The van der Waals surface area contributed by atoms with E-state index in [9.17, 15) is 24.0 Å². The van der Waals surface area contributed by atoms with Crippen molar-refractivity contribution in [1.29, 1.82) is 0 Å². The van der Waals surface area contributed by atoms with Crippen LogP contribution in [0.1, 0.15) is 17.3 Å². The third-order valence-electron chi connectivity index (χ3n) is 3.17. The molecule has 1 aromatic rings. The first-order valence-electron chi connectivity index (χ1n) is 7.94.